The summed E-state index contributed by atoms with van der Waals surface area (Å²) >= 11 is 0. The Hall–Kier alpha value is -1.11. The Labute approximate surface area is 90.6 Å². The summed E-state index contributed by atoms with van der Waals surface area (Å²) in [7, 11) is 0. The molecule has 1 unspecified atom stereocenters. The summed E-state index contributed by atoms with van der Waals surface area (Å²) in [6, 6.07) is 0. The molecule has 0 bridgehead atoms. The van der Waals surface area contributed by atoms with Gasteiger partial charge in [0.15, 0.2) is 0 Å². The highest BCUT2D eigenvalue weighted by atomic mass is 19.4. The molecule has 0 amide bonds. The summed E-state index contributed by atoms with van der Waals surface area (Å²) in [6.45, 7) is 0.302. The fraction of sp³-hybridized carbons (Fsp3) is 0.778. The monoisotopic (exact) mass is 234 g/mol. The average molecular weight is 234 g/mol. The first-order valence-corrected chi connectivity index (χ1v) is 5.20. The molecule has 2 heterocycles. The van der Waals surface area contributed by atoms with Gasteiger partial charge in [0.1, 0.15) is 11.6 Å². The molecule has 2 rings (SSSR count). The van der Waals surface area contributed by atoms with Crippen molar-refractivity contribution in [2.24, 2.45) is 11.7 Å². The number of aromatic nitrogens is 3. The molecule has 0 fully saturated rings. The van der Waals surface area contributed by atoms with E-state index >= 15 is 0 Å². The van der Waals surface area contributed by atoms with Crippen molar-refractivity contribution in [3.63, 3.8) is 0 Å². The van der Waals surface area contributed by atoms with Crippen LogP contribution in [0, 0.1) is 5.92 Å². The van der Waals surface area contributed by atoms with E-state index in [2.05, 4.69) is 10.2 Å². The molecule has 0 saturated heterocycles. The van der Waals surface area contributed by atoms with Crippen LogP contribution in [0.1, 0.15) is 18.1 Å². The van der Waals surface area contributed by atoms with Crippen molar-refractivity contribution in [2.45, 2.75) is 32.0 Å². The third kappa shape index (κ3) is 2.04. The lowest BCUT2D eigenvalue weighted by Gasteiger charge is -2.26. The van der Waals surface area contributed by atoms with E-state index < -0.39 is 12.1 Å². The van der Waals surface area contributed by atoms with Gasteiger partial charge in [-0.25, -0.2) is 0 Å². The van der Waals surface area contributed by atoms with E-state index in [9.17, 15) is 13.2 Å². The van der Waals surface area contributed by atoms with E-state index in [0.29, 0.717) is 31.0 Å². The highest BCUT2D eigenvalue weighted by molar-refractivity contribution is 5.01. The summed E-state index contributed by atoms with van der Waals surface area (Å²) in [5.74, 6) is -0.0806. The van der Waals surface area contributed by atoms with E-state index in [0.717, 1.165) is 0 Å². The Balaban J connectivity index is 2.21. The van der Waals surface area contributed by atoms with Crippen LogP contribution in [0.25, 0.3) is 0 Å². The van der Waals surface area contributed by atoms with Crippen molar-refractivity contribution in [3.8, 4) is 0 Å². The zero-order valence-electron chi connectivity index (χ0n) is 8.67. The van der Waals surface area contributed by atoms with Crippen molar-refractivity contribution in [2.75, 3.05) is 6.54 Å². The van der Waals surface area contributed by atoms with Crippen LogP contribution in [-0.2, 0) is 19.4 Å². The summed E-state index contributed by atoms with van der Waals surface area (Å²) in [6.07, 6.45) is -3.23. The normalized spacial score (nSPS) is 20.9. The minimum absolute atomic E-state index is 0.0683. The van der Waals surface area contributed by atoms with Gasteiger partial charge in [-0.3, -0.25) is 0 Å². The summed E-state index contributed by atoms with van der Waals surface area (Å²) in [5, 5.41) is 7.75. The second-order valence-corrected chi connectivity index (χ2v) is 3.96. The number of rotatable bonds is 2. The van der Waals surface area contributed by atoms with Gasteiger partial charge in [0.2, 0.25) is 0 Å². The quantitative estimate of drug-likeness (QED) is 0.827. The molecule has 7 heteroatoms. The molecule has 0 radical (unpaired) electrons. The molecule has 0 aliphatic carbocycles. The van der Waals surface area contributed by atoms with Gasteiger partial charge >= 0.3 is 6.18 Å². The van der Waals surface area contributed by atoms with Gasteiger partial charge in [-0.2, -0.15) is 13.2 Å². The molecular weight excluding hydrogens is 221 g/mol. The van der Waals surface area contributed by atoms with E-state index in [1.54, 1.807) is 4.57 Å². The van der Waals surface area contributed by atoms with E-state index in [-0.39, 0.29) is 13.0 Å². The Morgan fingerprint density at radius 2 is 2.12 bits per heavy atom. The molecular formula is C9H13F3N4. The van der Waals surface area contributed by atoms with Crippen LogP contribution < -0.4 is 5.73 Å². The van der Waals surface area contributed by atoms with Gasteiger partial charge in [-0.05, 0) is 13.0 Å². The van der Waals surface area contributed by atoms with Crippen molar-refractivity contribution in [1.82, 2.24) is 14.8 Å². The molecule has 0 aromatic carbocycles. The van der Waals surface area contributed by atoms with E-state index in [1.807, 2.05) is 0 Å². The molecule has 2 N–H and O–H groups in total. The largest absolute Gasteiger partial charge is 0.393 e. The standard InChI is InChI=1S/C9H13F3N4/c10-9(11,12)6-1-2-7-14-15-8(3-4-13)16(7)5-6/h6H,1-5,13H2. The molecule has 0 saturated carbocycles. The molecule has 1 atom stereocenters. The van der Waals surface area contributed by atoms with Gasteiger partial charge < -0.3 is 10.3 Å². The first-order valence-electron chi connectivity index (χ1n) is 5.20. The molecule has 1 aromatic heterocycles. The van der Waals surface area contributed by atoms with Crippen molar-refractivity contribution in [1.29, 1.82) is 0 Å². The Morgan fingerprint density at radius 3 is 2.75 bits per heavy atom. The highest BCUT2D eigenvalue weighted by Crippen LogP contribution is 2.34. The summed E-state index contributed by atoms with van der Waals surface area (Å²) in [4.78, 5) is 0. The topological polar surface area (TPSA) is 56.7 Å². The minimum atomic E-state index is -4.14. The molecule has 1 aromatic rings. The first kappa shape index (κ1) is 11.4. The van der Waals surface area contributed by atoms with Crippen LogP contribution >= 0.6 is 0 Å². The lowest BCUT2D eigenvalue weighted by Crippen LogP contribution is -2.33. The number of alkyl halides is 3. The van der Waals surface area contributed by atoms with Gasteiger partial charge in [-0.1, -0.05) is 0 Å². The van der Waals surface area contributed by atoms with Crippen LogP contribution in [0.3, 0.4) is 0 Å². The lowest BCUT2D eigenvalue weighted by molar-refractivity contribution is -0.182. The summed E-state index contributed by atoms with van der Waals surface area (Å²) in [5.41, 5.74) is 5.37. The average Bonchev–Trinajstić information content (AvgIpc) is 2.60. The minimum Gasteiger partial charge on any atom is -0.330 e. The molecule has 1 aliphatic rings. The smallest absolute Gasteiger partial charge is 0.330 e. The second kappa shape index (κ2) is 4.04. The molecule has 0 spiro atoms. The predicted octanol–water partition coefficient (Wildman–Crippen LogP) is 0.904. The highest BCUT2D eigenvalue weighted by Gasteiger charge is 2.42. The number of aryl methyl sites for hydroxylation is 1. The number of hydrogen-bond donors (Lipinski definition) is 1. The number of hydrogen-bond acceptors (Lipinski definition) is 3. The molecule has 4 nitrogen and oxygen atoms in total. The number of fused-ring (bicyclic) bond motifs is 1. The number of halogens is 3. The maximum absolute atomic E-state index is 12.6. The van der Waals surface area contributed by atoms with Gasteiger partial charge in [0.25, 0.3) is 0 Å². The zero-order valence-corrected chi connectivity index (χ0v) is 8.67. The predicted molar refractivity (Wildman–Crippen MR) is 50.6 cm³/mol. The fourth-order valence-corrected chi connectivity index (χ4v) is 1.96. The third-order valence-electron chi connectivity index (χ3n) is 2.85. The number of nitrogens with two attached hydrogens (primary N) is 1. The van der Waals surface area contributed by atoms with Gasteiger partial charge in [0, 0.05) is 19.4 Å². The van der Waals surface area contributed by atoms with Crippen LogP contribution in [0.15, 0.2) is 0 Å². The number of nitrogens with zero attached hydrogens (tertiary/aromatic N) is 3. The summed E-state index contributed by atoms with van der Waals surface area (Å²) < 4.78 is 39.3. The van der Waals surface area contributed by atoms with Crippen LogP contribution in [0.5, 0.6) is 0 Å². The maximum Gasteiger partial charge on any atom is 0.393 e. The van der Waals surface area contributed by atoms with Gasteiger partial charge in [-0.15, -0.1) is 10.2 Å². The Kier molecular flexibility index (Phi) is 2.88. The SMILES string of the molecule is NCCc1nnc2n1CC(C(F)(F)F)CC2. The lowest BCUT2D eigenvalue weighted by atomic mass is 9.99. The van der Waals surface area contributed by atoms with Crippen molar-refractivity contribution in [3.05, 3.63) is 11.6 Å². The maximum atomic E-state index is 12.6. The Bertz CT molecular complexity index is 371. The van der Waals surface area contributed by atoms with Crippen LogP contribution in [0.2, 0.25) is 0 Å². The third-order valence-corrected chi connectivity index (χ3v) is 2.85. The molecule has 16 heavy (non-hydrogen) atoms. The molecule has 90 valence electrons. The van der Waals surface area contributed by atoms with Crippen LogP contribution in [-0.4, -0.2) is 27.5 Å². The Morgan fingerprint density at radius 1 is 1.38 bits per heavy atom. The van der Waals surface area contributed by atoms with Crippen LogP contribution in [0.4, 0.5) is 13.2 Å². The van der Waals surface area contributed by atoms with Gasteiger partial charge in [0.05, 0.1) is 5.92 Å². The molecule has 1 aliphatic heterocycles. The van der Waals surface area contributed by atoms with E-state index in [4.69, 9.17) is 5.73 Å². The van der Waals surface area contributed by atoms with Crippen molar-refractivity contribution >= 4 is 0 Å². The van der Waals surface area contributed by atoms with E-state index in [1.165, 1.54) is 0 Å². The second-order valence-electron chi connectivity index (χ2n) is 3.96. The fourth-order valence-electron chi connectivity index (χ4n) is 1.96. The first-order chi connectivity index (χ1) is 7.52. The zero-order chi connectivity index (χ0) is 11.8. The van der Waals surface area contributed by atoms with Crippen molar-refractivity contribution < 1.29 is 13.2 Å².